The molecule has 1 aromatic heterocycles. The molecule has 0 saturated heterocycles. The Hall–Kier alpha value is -1.41. The quantitative estimate of drug-likeness (QED) is 0.849. The lowest BCUT2D eigenvalue weighted by Crippen LogP contribution is -2.51. The highest BCUT2D eigenvalue weighted by atomic mass is 32.2. The highest BCUT2D eigenvalue weighted by Crippen LogP contribution is 2.20. The number of sulfone groups is 1. The van der Waals surface area contributed by atoms with Crippen molar-refractivity contribution in [3.8, 4) is 0 Å². The van der Waals surface area contributed by atoms with Crippen molar-refractivity contribution in [3.05, 3.63) is 16.3 Å². The van der Waals surface area contributed by atoms with Gasteiger partial charge in [0.25, 0.3) is 5.91 Å². The summed E-state index contributed by atoms with van der Waals surface area (Å²) in [6, 6.07) is 1.24. The van der Waals surface area contributed by atoms with Gasteiger partial charge >= 0.3 is 5.97 Å². The summed E-state index contributed by atoms with van der Waals surface area (Å²) in [7, 11) is -3.37. The van der Waals surface area contributed by atoms with Gasteiger partial charge in [-0.05, 0) is 19.4 Å². The fraction of sp³-hybridized carbons (Fsp3) is 0.455. The van der Waals surface area contributed by atoms with Crippen LogP contribution in [0.3, 0.4) is 0 Å². The van der Waals surface area contributed by atoms with Crippen LogP contribution in [-0.4, -0.2) is 37.2 Å². The second-order valence-electron chi connectivity index (χ2n) is 4.36. The van der Waals surface area contributed by atoms with E-state index in [4.69, 9.17) is 5.11 Å². The van der Waals surface area contributed by atoms with Gasteiger partial charge in [0, 0.05) is 11.6 Å². The molecule has 1 rings (SSSR count). The Balaban J connectivity index is 2.97. The molecule has 0 aliphatic rings. The molecule has 1 unspecified atom stereocenters. The molecule has 106 valence electrons. The van der Waals surface area contributed by atoms with E-state index >= 15 is 0 Å². The maximum absolute atomic E-state index is 11.9. The first kappa shape index (κ1) is 15.6. The Morgan fingerprint density at radius 2 is 2.05 bits per heavy atom. The molecule has 2 N–H and O–H groups in total. The van der Waals surface area contributed by atoms with E-state index in [1.807, 2.05) is 0 Å². The molecule has 0 aliphatic heterocycles. The molecule has 0 aliphatic carbocycles. The van der Waals surface area contributed by atoms with Crippen LogP contribution in [0.15, 0.2) is 16.3 Å². The fourth-order valence-corrected chi connectivity index (χ4v) is 3.15. The number of carboxylic acids is 1. The molecule has 1 atom stereocenters. The molecule has 0 radical (unpaired) electrons. The third-order valence-electron chi connectivity index (χ3n) is 2.80. The van der Waals surface area contributed by atoms with Gasteiger partial charge < -0.3 is 10.4 Å². The van der Waals surface area contributed by atoms with Crippen molar-refractivity contribution in [3.63, 3.8) is 0 Å². The number of carboxylic acid groups (broad SMARTS) is 1. The van der Waals surface area contributed by atoms with Crippen LogP contribution < -0.4 is 5.32 Å². The van der Waals surface area contributed by atoms with E-state index in [1.165, 1.54) is 18.4 Å². The van der Waals surface area contributed by atoms with Crippen LogP contribution in [0.4, 0.5) is 0 Å². The van der Waals surface area contributed by atoms with E-state index < -0.39 is 27.3 Å². The van der Waals surface area contributed by atoms with E-state index in [9.17, 15) is 18.0 Å². The first-order chi connectivity index (χ1) is 8.60. The maximum atomic E-state index is 11.9. The molecule has 8 heteroatoms. The van der Waals surface area contributed by atoms with Crippen molar-refractivity contribution < 1.29 is 23.1 Å². The van der Waals surface area contributed by atoms with Gasteiger partial charge in [0.2, 0.25) is 0 Å². The van der Waals surface area contributed by atoms with Crippen LogP contribution in [-0.2, 0) is 14.6 Å². The molecule has 0 aromatic carbocycles. The van der Waals surface area contributed by atoms with Crippen LogP contribution in [0.1, 0.15) is 29.9 Å². The van der Waals surface area contributed by atoms with Gasteiger partial charge in [-0.25, -0.2) is 13.2 Å². The van der Waals surface area contributed by atoms with Crippen molar-refractivity contribution in [1.82, 2.24) is 5.32 Å². The Labute approximate surface area is 115 Å². The van der Waals surface area contributed by atoms with E-state index in [0.29, 0.717) is 0 Å². The Kier molecular flexibility index (Phi) is 4.36. The van der Waals surface area contributed by atoms with Gasteiger partial charge in [-0.3, -0.25) is 4.79 Å². The number of thiophene rings is 1. The number of aliphatic carboxylic acids is 1. The molecule has 6 nitrogen and oxygen atoms in total. The van der Waals surface area contributed by atoms with Crippen LogP contribution in [0, 0.1) is 0 Å². The number of amides is 1. The second-order valence-corrected chi connectivity index (χ2v) is 7.29. The summed E-state index contributed by atoms with van der Waals surface area (Å²) in [6.45, 7) is 3.04. The van der Waals surface area contributed by atoms with Gasteiger partial charge in [0.15, 0.2) is 9.84 Å². The number of hydrogen-bond acceptors (Lipinski definition) is 5. The minimum Gasteiger partial charge on any atom is -0.480 e. The Bertz CT molecular complexity index is 604. The molecule has 0 saturated carbocycles. The lowest BCUT2D eigenvalue weighted by Gasteiger charge is -2.24. The third-order valence-corrected chi connectivity index (χ3v) is 4.97. The average Bonchev–Trinajstić information content (AvgIpc) is 2.77. The summed E-state index contributed by atoms with van der Waals surface area (Å²) in [5.41, 5.74) is -1.37. The fourth-order valence-electron chi connectivity index (χ4n) is 1.24. The molecule has 1 heterocycles. The molecule has 0 fully saturated rings. The Morgan fingerprint density at radius 1 is 1.47 bits per heavy atom. The summed E-state index contributed by atoms with van der Waals surface area (Å²) >= 11 is 0.963. The number of carbonyl (C=O) groups is 2. The molecule has 0 spiro atoms. The van der Waals surface area contributed by atoms with Crippen molar-refractivity contribution >= 4 is 33.1 Å². The number of hydrogen-bond donors (Lipinski definition) is 2. The third kappa shape index (κ3) is 3.54. The molecule has 19 heavy (non-hydrogen) atoms. The highest BCUT2D eigenvalue weighted by molar-refractivity contribution is 7.90. The lowest BCUT2D eigenvalue weighted by atomic mass is 9.99. The van der Waals surface area contributed by atoms with Gasteiger partial charge in [-0.15, -0.1) is 11.3 Å². The monoisotopic (exact) mass is 305 g/mol. The van der Waals surface area contributed by atoms with Gasteiger partial charge in [0.05, 0.1) is 9.77 Å². The zero-order valence-corrected chi connectivity index (χ0v) is 12.4. The number of nitrogens with one attached hydrogen (secondary N) is 1. The van der Waals surface area contributed by atoms with Gasteiger partial charge in [0.1, 0.15) is 5.54 Å². The minimum atomic E-state index is -3.37. The van der Waals surface area contributed by atoms with Gasteiger partial charge in [-0.1, -0.05) is 6.92 Å². The summed E-state index contributed by atoms with van der Waals surface area (Å²) in [5.74, 6) is -1.73. The molecule has 0 bridgehead atoms. The van der Waals surface area contributed by atoms with Gasteiger partial charge in [-0.2, -0.15) is 0 Å². The van der Waals surface area contributed by atoms with Crippen molar-refractivity contribution in [1.29, 1.82) is 0 Å². The normalized spacial score (nSPS) is 14.7. The number of rotatable bonds is 5. The topological polar surface area (TPSA) is 101 Å². The van der Waals surface area contributed by atoms with Crippen molar-refractivity contribution in [2.24, 2.45) is 0 Å². The highest BCUT2D eigenvalue weighted by Gasteiger charge is 2.33. The molecule has 1 amide bonds. The molecular formula is C11H15NO5S2. The maximum Gasteiger partial charge on any atom is 0.329 e. The summed E-state index contributed by atoms with van der Waals surface area (Å²) in [6.07, 6.45) is 1.27. The SMILES string of the molecule is CCC(C)(NC(=O)c1cc(S(C)(=O)=O)cs1)C(=O)O. The van der Waals surface area contributed by atoms with Crippen molar-refractivity contribution in [2.45, 2.75) is 30.7 Å². The Morgan fingerprint density at radius 3 is 2.42 bits per heavy atom. The number of carbonyl (C=O) groups excluding carboxylic acids is 1. The summed E-state index contributed by atoms with van der Waals surface area (Å²) < 4.78 is 22.6. The standard InChI is InChI=1S/C11H15NO5S2/c1-4-11(2,10(14)15)12-9(13)8-5-7(6-18-8)19(3,16)17/h5-6H,4H2,1-3H3,(H,12,13)(H,14,15). The van der Waals surface area contributed by atoms with Crippen LogP contribution in [0.25, 0.3) is 0 Å². The largest absolute Gasteiger partial charge is 0.480 e. The van der Waals surface area contributed by atoms with E-state index in [-0.39, 0.29) is 16.2 Å². The van der Waals surface area contributed by atoms with Crippen LogP contribution in [0.2, 0.25) is 0 Å². The van der Waals surface area contributed by atoms with E-state index in [0.717, 1.165) is 17.6 Å². The second kappa shape index (κ2) is 5.30. The predicted molar refractivity (Wildman–Crippen MR) is 71.2 cm³/mol. The molecular weight excluding hydrogens is 290 g/mol. The van der Waals surface area contributed by atoms with Crippen LogP contribution >= 0.6 is 11.3 Å². The average molecular weight is 305 g/mol. The van der Waals surface area contributed by atoms with Crippen LogP contribution in [0.5, 0.6) is 0 Å². The smallest absolute Gasteiger partial charge is 0.329 e. The zero-order chi connectivity index (χ0) is 14.8. The van der Waals surface area contributed by atoms with E-state index in [1.54, 1.807) is 6.92 Å². The van der Waals surface area contributed by atoms with Crippen molar-refractivity contribution in [2.75, 3.05) is 6.26 Å². The zero-order valence-electron chi connectivity index (χ0n) is 10.8. The predicted octanol–water partition coefficient (Wildman–Crippen LogP) is 1.13. The van der Waals surface area contributed by atoms with E-state index in [2.05, 4.69) is 5.32 Å². The minimum absolute atomic E-state index is 0.0520. The lowest BCUT2D eigenvalue weighted by molar-refractivity contribution is -0.143. The summed E-state index contributed by atoms with van der Waals surface area (Å²) in [5, 5.41) is 12.8. The molecule has 1 aromatic rings. The first-order valence-corrected chi connectivity index (χ1v) is 8.22. The first-order valence-electron chi connectivity index (χ1n) is 5.44. The summed E-state index contributed by atoms with van der Waals surface area (Å²) in [4.78, 5) is 23.2.